The fraction of sp³-hybridized carbons (Fsp3) is 0.350. The minimum absolute atomic E-state index is 0.0691. The molecule has 0 unspecified atom stereocenters. The first-order valence-corrected chi connectivity index (χ1v) is 9.59. The number of ether oxygens (including phenoxy) is 1. The van der Waals surface area contributed by atoms with Gasteiger partial charge in [-0.15, -0.1) is 0 Å². The van der Waals surface area contributed by atoms with Crippen molar-refractivity contribution >= 4 is 29.2 Å². The summed E-state index contributed by atoms with van der Waals surface area (Å²) >= 11 is 5.73. The van der Waals surface area contributed by atoms with Crippen LogP contribution in [0.2, 0.25) is 5.02 Å². The molecule has 1 aromatic heterocycles. The number of hydrogen-bond acceptors (Lipinski definition) is 4. The summed E-state index contributed by atoms with van der Waals surface area (Å²) in [5, 5.41) is 0.0739. The summed E-state index contributed by atoms with van der Waals surface area (Å²) in [4.78, 5) is 32.5. The number of rotatable bonds is 5. The highest BCUT2D eigenvalue weighted by Crippen LogP contribution is 2.31. The van der Waals surface area contributed by atoms with Gasteiger partial charge in [0.05, 0.1) is 18.2 Å². The Hall–Kier alpha value is -2.65. The first-order valence-electron chi connectivity index (χ1n) is 9.21. The molecule has 3 heterocycles. The van der Waals surface area contributed by atoms with Gasteiger partial charge in [-0.3, -0.25) is 14.5 Å². The van der Waals surface area contributed by atoms with Crippen LogP contribution >= 0.6 is 11.6 Å². The van der Waals surface area contributed by atoms with Crippen LogP contribution < -0.4 is 4.90 Å². The molecule has 1 atom stereocenters. The van der Waals surface area contributed by atoms with Crippen molar-refractivity contribution in [1.29, 1.82) is 0 Å². The number of aromatic nitrogens is 1. The van der Waals surface area contributed by atoms with Crippen LogP contribution in [-0.2, 0) is 20.9 Å². The Morgan fingerprint density at radius 2 is 1.90 bits per heavy atom. The van der Waals surface area contributed by atoms with Crippen molar-refractivity contribution in [2.75, 3.05) is 24.7 Å². The number of halogens is 4. The van der Waals surface area contributed by atoms with Crippen LogP contribution in [0.3, 0.4) is 0 Å². The van der Waals surface area contributed by atoms with Gasteiger partial charge in [0.2, 0.25) is 5.91 Å². The Morgan fingerprint density at radius 1 is 1.20 bits per heavy atom. The smallest absolute Gasteiger partial charge is 0.263 e. The van der Waals surface area contributed by atoms with Crippen LogP contribution in [0.25, 0.3) is 0 Å². The van der Waals surface area contributed by atoms with Gasteiger partial charge >= 0.3 is 0 Å². The number of anilines is 1. The predicted octanol–water partition coefficient (Wildman–Crippen LogP) is 3.20. The molecule has 6 nitrogen and oxygen atoms in total. The molecule has 0 saturated carbocycles. The van der Waals surface area contributed by atoms with E-state index in [4.69, 9.17) is 16.3 Å². The summed E-state index contributed by atoms with van der Waals surface area (Å²) in [6, 6.07) is 5.74. The standard InChI is InChI=1S/C20H17ClF3N3O3/c21-14-5-15(22)19(25-6-14)27-8-16(28)26(17(20(27)29)13-9-30-10-13)7-11-1-3-12(4-2-11)18(23)24/h1-6,13,17-18H,7-10H2/t17-/m1/s1. The van der Waals surface area contributed by atoms with Crippen molar-refractivity contribution in [3.05, 3.63) is 58.5 Å². The predicted molar refractivity (Wildman–Crippen MR) is 102 cm³/mol. The van der Waals surface area contributed by atoms with E-state index in [0.29, 0.717) is 5.56 Å². The molecule has 2 aliphatic rings. The highest BCUT2D eigenvalue weighted by molar-refractivity contribution is 6.30. The lowest BCUT2D eigenvalue weighted by Gasteiger charge is -2.45. The summed E-state index contributed by atoms with van der Waals surface area (Å²) < 4.78 is 45.1. The van der Waals surface area contributed by atoms with Crippen molar-refractivity contribution in [2.45, 2.75) is 19.0 Å². The van der Waals surface area contributed by atoms with E-state index in [-0.39, 0.29) is 48.6 Å². The van der Waals surface area contributed by atoms with Crippen LogP contribution in [0.5, 0.6) is 0 Å². The lowest BCUT2D eigenvalue weighted by Crippen LogP contribution is -2.65. The number of nitrogens with zero attached hydrogens (tertiary/aromatic N) is 3. The fourth-order valence-electron chi connectivity index (χ4n) is 3.58. The monoisotopic (exact) mass is 439 g/mol. The first kappa shape index (κ1) is 20.6. The molecule has 2 aromatic rings. The Labute approximate surface area is 175 Å². The maximum absolute atomic E-state index is 14.4. The lowest BCUT2D eigenvalue weighted by atomic mass is 9.92. The molecule has 2 fully saturated rings. The molecule has 158 valence electrons. The number of carbonyl (C=O) groups is 2. The topological polar surface area (TPSA) is 62.7 Å². The zero-order chi connectivity index (χ0) is 21.4. The van der Waals surface area contributed by atoms with Gasteiger partial charge in [0, 0.05) is 24.2 Å². The van der Waals surface area contributed by atoms with Crippen LogP contribution in [-0.4, -0.2) is 47.5 Å². The third-order valence-electron chi connectivity index (χ3n) is 5.21. The fourth-order valence-corrected chi connectivity index (χ4v) is 3.73. The minimum atomic E-state index is -2.59. The van der Waals surface area contributed by atoms with Crippen molar-refractivity contribution in [1.82, 2.24) is 9.88 Å². The van der Waals surface area contributed by atoms with E-state index in [9.17, 15) is 22.8 Å². The molecule has 0 aliphatic carbocycles. The molecule has 30 heavy (non-hydrogen) atoms. The van der Waals surface area contributed by atoms with E-state index in [1.54, 1.807) is 0 Å². The number of amides is 2. The van der Waals surface area contributed by atoms with Gasteiger partial charge in [-0.1, -0.05) is 35.9 Å². The van der Waals surface area contributed by atoms with Crippen molar-refractivity contribution in [2.24, 2.45) is 5.92 Å². The number of hydrogen-bond donors (Lipinski definition) is 0. The molecular weight excluding hydrogens is 423 g/mol. The van der Waals surface area contributed by atoms with E-state index in [1.165, 1.54) is 35.4 Å². The summed E-state index contributed by atoms with van der Waals surface area (Å²) in [5.41, 5.74) is 0.481. The number of benzene rings is 1. The molecule has 0 spiro atoms. The minimum Gasteiger partial charge on any atom is -0.380 e. The van der Waals surface area contributed by atoms with Crippen LogP contribution in [0.1, 0.15) is 17.6 Å². The molecule has 2 aliphatic heterocycles. The first-order chi connectivity index (χ1) is 14.3. The summed E-state index contributed by atoms with van der Waals surface area (Å²) in [5.74, 6) is -2.19. The van der Waals surface area contributed by atoms with Gasteiger partial charge in [0.1, 0.15) is 12.6 Å². The second kappa shape index (κ2) is 8.23. The van der Waals surface area contributed by atoms with E-state index in [2.05, 4.69) is 4.98 Å². The van der Waals surface area contributed by atoms with Gasteiger partial charge in [0.15, 0.2) is 11.6 Å². The molecule has 0 N–H and O–H groups in total. The van der Waals surface area contributed by atoms with Crippen LogP contribution in [0.15, 0.2) is 36.5 Å². The number of alkyl halides is 2. The molecular formula is C20H17ClF3N3O3. The van der Waals surface area contributed by atoms with Crippen molar-refractivity contribution in [3.63, 3.8) is 0 Å². The van der Waals surface area contributed by atoms with Crippen molar-refractivity contribution < 1.29 is 27.5 Å². The van der Waals surface area contributed by atoms with Gasteiger partial charge < -0.3 is 9.64 Å². The van der Waals surface area contributed by atoms with E-state index in [0.717, 1.165) is 11.0 Å². The molecule has 1 aromatic carbocycles. The number of piperazine rings is 1. The third-order valence-corrected chi connectivity index (χ3v) is 5.41. The zero-order valence-corrected chi connectivity index (χ0v) is 16.4. The average Bonchev–Trinajstić information content (AvgIpc) is 2.66. The number of pyridine rings is 1. The molecule has 2 saturated heterocycles. The maximum Gasteiger partial charge on any atom is 0.263 e. The highest BCUT2D eigenvalue weighted by atomic mass is 35.5. The second-order valence-electron chi connectivity index (χ2n) is 7.19. The van der Waals surface area contributed by atoms with Gasteiger partial charge in [0.25, 0.3) is 12.3 Å². The Bertz CT molecular complexity index is 970. The largest absolute Gasteiger partial charge is 0.380 e. The Balaban J connectivity index is 1.62. The van der Waals surface area contributed by atoms with Gasteiger partial charge in [-0.2, -0.15) is 0 Å². The van der Waals surface area contributed by atoms with Gasteiger partial charge in [-0.25, -0.2) is 18.2 Å². The molecule has 0 radical (unpaired) electrons. The van der Waals surface area contributed by atoms with Crippen LogP contribution in [0.4, 0.5) is 19.0 Å². The van der Waals surface area contributed by atoms with Crippen LogP contribution in [0, 0.1) is 11.7 Å². The van der Waals surface area contributed by atoms with Crippen molar-refractivity contribution in [3.8, 4) is 0 Å². The normalized spacial score (nSPS) is 20.1. The zero-order valence-electron chi connectivity index (χ0n) is 15.6. The lowest BCUT2D eigenvalue weighted by molar-refractivity contribution is -0.155. The summed E-state index contributed by atoms with van der Waals surface area (Å²) in [6.07, 6.45) is -1.39. The summed E-state index contributed by atoms with van der Waals surface area (Å²) in [6.45, 7) is 0.257. The highest BCUT2D eigenvalue weighted by Gasteiger charge is 2.47. The molecule has 10 heteroatoms. The Morgan fingerprint density at radius 3 is 2.47 bits per heavy atom. The summed E-state index contributed by atoms with van der Waals surface area (Å²) in [7, 11) is 0. The second-order valence-corrected chi connectivity index (χ2v) is 7.63. The SMILES string of the molecule is O=C1[C@@H](C2COC2)N(Cc2ccc(C(F)F)cc2)C(=O)CN1c1ncc(Cl)cc1F. The van der Waals surface area contributed by atoms with Gasteiger partial charge in [-0.05, 0) is 11.6 Å². The maximum atomic E-state index is 14.4. The molecule has 4 rings (SSSR count). The molecule has 2 amide bonds. The Kier molecular flexibility index (Phi) is 5.66. The third kappa shape index (κ3) is 3.87. The average molecular weight is 440 g/mol. The quantitative estimate of drug-likeness (QED) is 0.717. The van der Waals surface area contributed by atoms with E-state index in [1.807, 2.05) is 0 Å². The van der Waals surface area contributed by atoms with E-state index >= 15 is 0 Å². The molecule has 0 bridgehead atoms. The van der Waals surface area contributed by atoms with E-state index < -0.39 is 30.1 Å². The number of carbonyl (C=O) groups excluding carboxylic acids is 2.